The summed E-state index contributed by atoms with van der Waals surface area (Å²) in [4.78, 5) is 0. The molecule has 0 amide bonds. The van der Waals surface area contributed by atoms with Gasteiger partial charge < -0.3 is 5.11 Å². The van der Waals surface area contributed by atoms with Gasteiger partial charge >= 0.3 is 0 Å². The maximum absolute atomic E-state index is 13.1. The van der Waals surface area contributed by atoms with Gasteiger partial charge in [-0.05, 0) is 31.4 Å². The number of hydrogen-bond acceptors (Lipinski definition) is 1. The average Bonchev–Trinajstić information content (AvgIpc) is 2.16. The number of rotatable bonds is 4. The van der Waals surface area contributed by atoms with E-state index in [9.17, 15) is 13.9 Å². The molecule has 0 aromatic heterocycles. The van der Waals surface area contributed by atoms with Crippen molar-refractivity contribution in [1.82, 2.24) is 0 Å². The van der Waals surface area contributed by atoms with Crippen LogP contribution >= 0.6 is 0 Å². The number of halogens is 2. The molecule has 0 bridgehead atoms. The molecule has 0 saturated carbocycles. The van der Waals surface area contributed by atoms with Gasteiger partial charge in [-0.1, -0.05) is 13.0 Å². The summed E-state index contributed by atoms with van der Waals surface area (Å²) in [6.07, 6.45) is 0.770. The van der Waals surface area contributed by atoms with E-state index in [1.54, 1.807) is 0 Å². The lowest BCUT2D eigenvalue weighted by atomic mass is 10.0. The van der Waals surface area contributed by atoms with Crippen molar-refractivity contribution in [1.29, 1.82) is 0 Å². The van der Waals surface area contributed by atoms with E-state index in [0.29, 0.717) is 12.8 Å². The third-order valence-electron chi connectivity index (χ3n) is 2.26. The molecule has 1 unspecified atom stereocenters. The number of aliphatic hydroxyl groups excluding tert-OH is 1. The summed E-state index contributed by atoms with van der Waals surface area (Å²) in [6.45, 7) is 1.84. The van der Waals surface area contributed by atoms with Gasteiger partial charge in [0.15, 0.2) is 0 Å². The molecule has 0 aliphatic heterocycles. The summed E-state index contributed by atoms with van der Waals surface area (Å²) >= 11 is 0. The van der Waals surface area contributed by atoms with Crippen molar-refractivity contribution in [2.75, 3.05) is 0 Å². The Bertz CT molecular complexity index is 279. The minimum absolute atomic E-state index is 0.0694. The van der Waals surface area contributed by atoms with Crippen LogP contribution in [-0.4, -0.2) is 11.2 Å². The van der Waals surface area contributed by atoms with E-state index in [2.05, 4.69) is 0 Å². The van der Waals surface area contributed by atoms with Gasteiger partial charge in [0, 0.05) is 5.56 Å². The standard InChI is InChI=1S/C11H14F2O/c1-2-8(14)6-7-9-10(12)4-3-5-11(9)13/h3-5,8,14H,2,6-7H2,1H3. The second-order valence-corrected chi connectivity index (χ2v) is 3.30. The van der Waals surface area contributed by atoms with Gasteiger partial charge in [0.1, 0.15) is 11.6 Å². The van der Waals surface area contributed by atoms with Crippen LogP contribution in [0.1, 0.15) is 25.3 Å². The number of benzene rings is 1. The van der Waals surface area contributed by atoms with E-state index >= 15 is 0 Å². The highest BCUT2D eigenvalue weighted by molar-refractivity contribution is 5.19. The van der Waals surface area contributed by atoms with Gasteiger partial charge in [-0.15, -0.1) is 0 Å². The van der Waals surface area contributed by atoms with Crippen LogP contribution in [0.25, 0.3) is 0 Å². The van der Waals surface area contributed by atoms with Crippen LogP contribution in [0.15, 0.2) is 18.2 Å². The Labute approximate surface area is 82.4 Å². The van der Waals surface area contributed by atoms with Crippen molar-refractivity contribution < 1.29 is 13.9 Å². The Balaban J connectivity index is 2.66. The van der Waals surface area contributed by atoms with Crippen LogP contribution in [0.2, 0.25) is 0 Å². The Morgan fingerprint density at radius 2 is 1.86 bits per heavy atom. The zero-order valence-electron chi connectivity index (χ0n) is 8.13. The summed E-state index contributed by atoms with van der Waals surface area (Å²) in [6, 6.07) is 3.80. The zero-order chi connectivity index (χ0) is 10.6. The summed E-state index contributed by atoms with van der Waals surface area (Å²) in [5.41, 5.74) is 0.0694. The molecular weight excluding hydrogens is 186 g/mol. The zero-order valence-corrected chi connectivity index (χ0v) is 8.13. The molecule has 1 N–H and O–H groups in total. The van der Waals surface area contributed by atoms with Crippen molar-refractivity contribution >= 4 is 0 Å². The molecule has 1 atom stereocenters. The van der Waals surface area contributed by atoms with Crippen molar-refractivity contribution in [2.24, 2.45) is 0 Å². The molecule has 0 aliphatic carbocycles. The molecule has 14 heavy (non-hydrogen) atoms. The Morgan fingerprint density at radius 1 is 1.29 bits per heavy atom. The molecule has 1 aromatic rings. The maximum Gasteiger partial charge on any atom is 0.129 e. The van der Waals surface area contributed by atoms with E-state index in [1.807, 2.05) is 6.92 Å². The third kappa shape index (κ3) is 2.77. The molecule has 0 saturated heterocycles. The molecule has 1 aromatic carbocycles. The van der Waals surface area contributed by atoms with Gasteiger partial charge in [0.2, 0.25) is 0 Å². The Kier molecular flexibility index (Phi) is 4.01. The molecular formula is C11H14F2O. The van der Waals surface area contributed by atoms with Gasteiger partial charge in [0.25, 0.3) is 0 Å². The first-order chi connectivity index (χ1) is 6.65. The predicted octanol–water partition coefficient (Wildman–Crippen LogP) is 2.67. The lowest BCUT2D eigenvalue weighted by Crippen LogP contribution is -2.07. The molecule has 0 spiro atoms. The minimum atomic E-state index is -0.534. The third-order valence-corrected chi connectivity index (χ3v) is 2.26. The van der Waals surface area contributed by atoms with Gasteiger partial charge in [0.05, 0.1) is 6.10 Å². The first-order valence-electron chi connectivity index (χ1n) is 4.76. The first kappa shape index (κ1) is 11.1. The fourth-order valence-electron chi connectivity index (χ4n) is 1.29. The average molecular weight is 200 g/mol. The molecule has 78 valence electrons. The Morgan fingerprint density at radius 3 is 2.36 bits per heavy atom. The molecule has 1 rings (SSSR count). The van der Waals surface area contributed by atoms with Crippen LogP contribution in [0.5, 0.6) is 0 Å². The summed E-state index contributed by atoms with van der Waals surface area (Å²) < 4.78 is 26.2. The fourth-order valence-corrected chi connectivity index (χ4v) is 1.29. The van der Waals surface area contributed by atoms with E-state index in [0.717, 1.165) is 0 Å². The van der Waals surface area contributed by atoms with E-state index < -0.39 is 17.7 Å². The first-order valence-corrected chi connectivity index (χ1v) is 4.76. The Hall–Kier alpha value is -0.960. The van der Waals surface area contributed by atoms with Crippen molar-refractivity contribution in [3.8, 4) is 0 Å². The highest BCUT2D eigenvalue weighted by Crippen LogP contribution is 2.15. The van der Waals surface area contributed by atoms with Crippen LogP contribution in [0, 0.1) is 11.6 Å². The summed E-state index contributed by atoms with van der Waals surface area (Å²) in [7, 11) is 0. The normalized spacial score (nSPS) is 12.9. The second kappa shape index (κ2) is 5.05. The van der Waals surface area contributed by atoms with Gasteiger partial charge in [-0.2, -0.15) is 0 Å². The molecule has 1 nitrogen and oxygen atoms in total. The van der Waals surface area contributed by atoms with Crippen LogP contribution in [0.4, 0.5) is 8.78 Å². The number of hydrogen-bond donors (Lipinski definition) is 1. The van der Waals surface area contributed by atoms with Crippen molar-refractivity contribution in [2.45, 2.75) is 32.3 Å². The van der Waals surface area contributed by atoms with E-state index in [-0.39, 0.29) is 12.0 Å². The van der Waals surface area contributed by atoms with Crippen molar-refractivity contribution in [3.05, 3.63) is 35.4 Å². The van der Waals surface area contributed by atoms with E-state index in [4.69, 9.17) is 0 Å². The largest absolute Gasteiger partial charge is 0.393 e. The lowest BCUT2D eigenvalue weighted by molar-refractivity contribution is 0.160. The highest BCUT2D eigenvalue weighted by atomic mass is 19.1. The SMILES string of the molecule is CCC(O)CCc1c(F)cccc1F. The lowest BCUT2D eigenvalue weighted by Gasteiger charge is -2.08. The monoisotopic (exact) mass is 200 g/mol. The minimum Gasteiger partial charge on any atom is -0.393 e. The van der Waals surface area contributed by atoms with Gasteiger partial charge in [-0.25, -0.2) is 8.78 Å². The molecule has 3 heteroatoms. The summed E-state index contributed by atoms with van der Waals surface area (Å²) in [5, 5.41) is 9.26. The highest BCUT2D eigenvalue weighted by Gasteiger charge is 2.09. The van der Waals surface area contributed by atoms with Crippen LogP contribution < -0.4 is 0 Å². The number of aliphatic hydroxyl groups is 1. The fraction of sp³-hybridized carbons (Fsp3) is 0.455. The van der Waals surface area contributed by atoms with Crippen molar-refractivity contribution in [3.63, 3.8) is 0 Å². The molecule has 0 heterocycles. The second-order valence-electron chi connectivity index (χ2n) is 3.30. The van der Waals surface area contributed by atoms with Gasteiger partial charge in [-0.3, -0.25) is 0 Å². The quantitative estimate of drug-likeness (QED) is 0.792. The molecule has 0 fully saturated rings. The summed E-state index contributed by atoms with van der Waals surface area (Å²) in [5.74, 6) is -1.07. The van der Waals surface area contributed by atoms with Crippen LogP contribution in [-0.2, 0) is 6.42 Å². The van der Waals surface area contributed by atoms with Crippen LogP contribution in [0.3, 0.4) is 0 Å². The maximum atomic E-state index is 13.1. The smallest absolute Gasteiger partial charge is 0.129 e. The predicted molar refractivity (Wildman–Crippen MR) is 51.0 cm³/mol. The molecule has 0 radical (unpaired) electrons. The molecule has 0 aliphatic rings. The van der Waals surface area contributed by atoms with E-state index in [1.165, 1.54) is 18.2 Å². The topological polar surface area (TPSA) is 20.2 Å².